The van der Waals surface area contributed by atoms with Gasteiger partial charge < -0.3 is 14.2 Å². The largest absolute Gasteiger partial charge is 0.459 e. The van der Waals surface area contributed by atoms with E-state index < -0.39 is 0 Å². The number of hydrogen-bond acceptors (Lipinski definition) is 7. The molecule has 0 aromatic carbocycles. The third kappa shape index (κ3) is 4.48. The second kappa shape index (κ2) is 7.98. The highest BCUT2D eigenvalue weighted by molar-refractivity contribution is 8.00. The zero-order chi connectivity index (χ0) is 17.6. The first kappa shape index (κ1) is 17.2. The molecule has 0 aliphatic heterocycles. The molecule has 0 radical (unpaired) electrons. The highest BCUT2D eigenvalue weighted by atomic mass is 32.2. The van der Waals surface area contributed by atoms with E-state index in [1.807, 2.05) is 26.0 Å². The van der Waals surface area contributed by atoms with Crippen molar-refractivity contribution in [2.24, 2.45) is 5.92 Å². The van der Waals surface area contributed by atoms with Crippen LogP contribution in [0.4, 0.5) is 0 Å². The van der Waals surface area contributed by atoms with Crippen LogP contribution < -0.4 is 5.32 Å². The summed E-state index contributed by atoms with van der Waals surface area (Å²) in [5.74, 6) is 0.812. The molecule has 0 saturated carbocycles. The Balaban J connectivity index is 1.64. The van der Waals surface area contributed by atoms with Gasteiger partial charge in [0.2, 0.25) is 5.91 Å². The van der Waals surface area contributed by atoms with Gasteiger partial charge in [0.05, 0.1) is 11.5 Å². The average Bonchev–Trinajstić information content (AvgIpc) is 3.29. The number of nitrogens with one attached hydrogen (secondary N) is 1. The first-order chi connectivity index (χ1) is 12.1. The summed E-state index contributed by atoms with van der Waals surface area (Å²) < 4.78 is 10.8. The van der Waals surface area contributed by atoms with Gasteiger partial charge in [0.15, 0.2) is 5.76 Å². The highest BCUT2D eigenvalue weighted by Crippen LogP contribution is 2.29. The Morgan fingerprint density at radius 3 is 2.84 bits per heavy atom. The van der Waals surface area contributed by atoms with Crippen molar-refractivity contribution < 1.29 is 13.6 Å². The van der Waals surface area contributed by atoms with Crippen LogP contribution in [0.3, 0.4) is 0 Å². The van der Waals surface area contributed by atoms with E-state index in [0.29, 0.717) is 23.4 Å². The number of nitrogens with zero attached hydrogens (tertiary/aromatic N) is 3. The third-order valence-electron chi connectivity index (χ3n) is 3.42. The molecule has 3 aromatic rings. The predicted octanol–water partition coefficient (Wildman–Crippen LogP) is 3.16. The average molecular weight is 358 g/mol. The number of aromatic nitrogens is 3. The second-order valence-electron chi connectivity index (χ2n) is 5.71. The zero-order valence-electron chi connectivity index (χ0n) is 13.9. The molecule has 1 amide bonds. The van der Waals surface area contributed by atoms with Crippen molar-refractivity contribution in [2.75, 3.05) is 0 Å². The minimum atomic E-state index is -0.346. The van der Waals surface area contributed by atoms with Crippen molar-refractivity contribution in [2.45, 2.75) is 30.9 Å². The number of amides is 1. The van der Waals surface area contributed by atoms with Crippen LogP contribution in [0, 0.1) is 5.92 Å². The number of carbonyl (C=O) groups excluding carboxylic acids is 1. The number of carbonyl (C=O) groups is 1. The molecule has 7 nitrogen and oxygen atoms in total. The normalized spacial score (nSPS) is 12.3. The van der Waals surface area contributed by atoms with Gasteiger partial charge in [0.25, 0.3) is 11.1 Å². The van der Waals surface area contributed by atoms with Crippen LogP contribution in [0.5, 0.6) is 0 Å². The molecule has 1 N–H and O–H groups in total. The molecule has 0 fully saturated rings. The summed E-state index contributed by atoms with van der Waals surface area (Å²) in [5.41, 5.74) is 0.946. The number of thioether (sulfide) groups is 1. The van der Waals surface area contributed by atoms with Crippen LogP contribution in [-0.4, -0.2) is 26.3 Å². The highest BCUT2D eigenvalue weighted by Gasteiger charge is 2.26. The Hall–Kier alpha value is -2.61. The first-order valence-corrected chi connectivity index (χ1v) is 8.72. The van der Waals surface area contributed by atoms with Crippen LogP contribution in [0.2, 0.25) is 0 Å². The molecule has 0 bridgehead atoms. The molecule has 0 aliphatic rings. The second-order valence-corrected chi connectivity index (χ2v) is 6.80. The molecule has 3 heterocycles. The lowest BCUT2D eigenvalue weighted by molar-refractivity contribution is -0.121. The van der Waals surface area contributed by atoms with Gasteiger partial charge in [-0.25, -0.2) is 0 Å². The SMILES string of the molecule is CC(C)[C@H](Sc1nnc(-c2ccco2)o1)C(=O)NCc1cccnc1. The molecule has 130 valence electrons. The topological polar surface area (TPSA) is 94.0 Å². The van der Waals surface area contributed by atoms with E-state index in [9.17, 15) is 4.79 Å². The summed E-state index contributed by atoms with van der Waals surface area (Å²) in [4.78, 5) is 16.6. The van der Waals surface area contributed by atoms with Gasteiger partial charge in [-0.15, -0.1) is 10.2 Å². The fraction of sp³-hybridized carbons (Fsp3) is 0.294. The third-order valence-corrected chi connectivity index (χ3v) is 4.80. The van der Waals surface area contributed by atoms with Crippen molar-refractivity contribution in [1.82, 2.24) is 20.5 Å². The molecular formula is C17H18N4O3S. The molecule has 0 unspecified atom stereocenters. The van der Waals surface area contributed by atoms with Gasteiger partial charge in [-0.05, 0) is 29.7 Å². The van der Waals surface area contributed by atoms with Gasteiger partial charge in [-0.3, -0.25) is 9.78 Å². The summed E-state index contributed by atoms with van der Waals surface area (Å²) in [6.45, 7) is 4.38. The van der Waals surface area contributed by atoms with Gasteiger partial charge >= 0.3 is 0 Å². The standard InChI is InChI=1S/C17H18N4O3S/c1-11(2)14(15(22)19-10-12-5-3-7-18-9-12)25-17-21-20-16(24-17)13-6-4-8-23-13/h3-9,11,14H,10H2,1-2H3,(H,19,22)/t14-/m0/s1. The number of hydrogen-bond donors (Lipinski definition) is 1. The molecule has 3 rings (SSSR count). The summed E-state index contributed by atoms with van der Waals surface area (Å²) in [6, 6.07) is 7.24. The van der Waals surface area contributed by atoms with Crippen LogP contribution >= 0.6 is 11.8 Å². The fourth-order valence-electron chi connectivity index (χ4n) is 2.15. The quantitative estimate of drug-likeness (QED) is 0.648. The zero-order valence-corrected chi connectivity index (χ0v) is 14.7. The summed E-state index contributed by atoms with van der Waals surface area (Å²) in [5, 5.41) is 10.9. The minimum absolute atomic E-state index is 0.0819. The van der Waals surface area contributed by atoms with E-state index in [1.165, 1.54) is 18.0 Å². The van der Waals surface area contributed by atoms with E-state index in [4.69, 9.17) is 8.83 Å². The Morgan fingerprint density at radius 1 is 1.28 bits per heavy atom. The van der Waals surface area contributed by atoms with Crippen LogP contribution in [0.1, 0.15) is 19.4 Å². The van der Waals surface area contributed by atoms with Gasteiger partial charge in [0.1, 0.15) is 0 Å². The van der Waals surface area contributed by atoms with Crippen molar-refractivity contribution in [3.63, 3.8) is 0 Å². The van der Waals surface area contributed by atoms with Crippen molar-refractivity contribution in [3.05, 3.63) is 48.5 Å². The first-order valence-electron chi connectivity index (χ1n) is 7.84. The molecule has 3 aromatic heterocycles. The van der Waals surface area contributed by atoms with E-state index in [2.05, 4.69) is 20.5 Å². The van der Waals surface area contributed by atoms with E-state index in [-0.39, 0.29) is 17.1 Å². The smallest absolute Gasteiger partial charge is 0.284 e. The van der Waals surface area contributed by atoms with Gasteiger partial charge in [-0.2, -0.15) is 0 Å². The lowest BCUT2D eigenvalue weighted by Crippen LogP contribution is -2.35. The number of furan rings is 1. The molecule has 0 spiro atoms. The number of pyridine rings is 1. The maximum Gasteiger partial charge on any atom is 0.284 e. The molecular weight excluding hydrogens is 340 g/mol. The Kier molecular flexibility index (Phi) is 5.49. The maximum absolute atomic E-state index is 12.5. The van der Waals surface area contributed by atoms with Gasteiger partial charge in [0, 0.05) is 18.9 Å². The summed E-state index contributed by atoms with van der Waals surface area (Å²) in [6.07, 6.45) is 4.96. The molecule has 1 atom stereocenters. The van der Waals surface area contributed by atoms with Crippen molar-refractivity contribution >= 4 is 17.7 Å². The van der Waals surface area contributed by atoms with Crippen molar-refractivity contribution in [3.8, 4) is 11.7 Å². The minimum Gasteiger partial charge on any atom is -0.459 e. The number of rotatable bonds is 7. The predicted molar refractivity (Wildman–Crippen MR) is 92.6 cm³/mol. The van der Waals surface area contributed by atoms with Crippen LogP contribution in [0.15, 0.2) is 57.0 Å². The fourth-order valence-corrected chi connectivity index (χ4v) is 3.05. The maximum atomic E-state index is 12.5. The molecule has 25 heavy (non-hydrogen) atoms. The van der Waals surface area contributed by atoms with Gasteiger partial charge in [-0.1, -0.05) is 31.7 Å². The van der Waals surface area contributed by atoms with Crippen LogP contribution in [0.25, 0.3) is 11.7 Å². The Morgan fingerprint density at radius 2 is 2.16 bits per heavy atom. The summed E-state index contributed by atoms with van der Waals surface area (Å²) >= 11 is 1.25. The molecule has 0 aliphatic carbocycles. The van der Waals surface area contributed by atoms with Crippen molar-refractivity contribution in [1.29, 1.82) is 0 Å². The molecule has 0 saturated heterocycles. The summed E-state index contributed by atoms with van der Waals surface area (Å²) in [7, 11) is 0. The lowest BCUT2D eigenvalue weighted by atomic mass is 10.1. The van der Waals surface area contributed by atoms with E-state index >= 15 is 0 Å². The lowest BCUT2D eigenvalue weighted by Gasteiger charge is -2.17. The van der Waals surface area contributed by atoms with Crippen LogP contribution in [-0.2, 0) is 11.3 Å². The van der Waals surface area contributed by atoms with E-state index in [1.54, 1.807) is 24.5 Å². The Bertz CT molecular complexity index is 802. The Labute approximate surface area is 149 Å². The van der Waals surface area contributed by atoms with E-state index in [0.717, 1.165) is 5.56 Å². The monoisotopic (exact) mass is 358 g/mol. The molecule has 8 heteroatoms.